The van der Waals surface area contributed by atoms with E-state index in [-0.39, 0.29) is 22.7 Å². The van der Waals surface area contributed by atoms with Crippen molar-refractivity contribution in [3.05, 3.63) is 22.2 Å². The van der Waals surface area contributed by atoms with Crippen LogP contribution in [0.4, 0.5) is 0 Å². The van der Waals surface area contributed by atoms with Crippen molar-refractivity contribution in [2.24, 2.45) is 0 Å². The highest BCUT2D eigenvalue weighted by molar-refractivity contribution is 6.33. The van der Waals surface area contributed by atoms with Crippen molar-refractivity contribution in [1.82, 2.24) is 9.97 Å². The molecule has 0 saturated carbocycles. The van der Waals surface area contributed by atoms with E-state index in [0.29, 0.717) is 0 Å². The monoisotopic (exact) mass is 220 g/mol. The fraction of sp³-hybridized carbons (Fsp3) is 0.286. The highest BCUT2D eigenvalue weighted by atomic mass is 35.5. The van der Waals surface area contributed by atoms with Gasteiger partial charge in [0.15, 0.2) is 0 Å². The minimum Gasteiger partial charge on any atom is -0.460 e. The van der Waals surface area contributed by atoms with Crippen LogP contribution in [0.3, 0.4) is 0 Å². The Morgan fingerprint density at radius 1 is 1.46 bits per heavy atom. The summed E-state index contributed by atoms with van der Waals surface area (Å²) in [7, 11) is 0. The Balaban J connectivity index is 2.94. The van der Waals surface area contributed by atoms with Gasteiger partial charge in [0.25, 0.3) is 0 Å². The molecule has 1 aromatic rings. The molecule has 0 aliphatic rings. The minimum absolute atomic E-state index is 0.114. The van der Waals surface area contributed by atoms with E-state index in [1.54, 1.807) is 6.92 Å². The summed E-state index contributed by atoms with van der Waals surface area (Å²) in [6.07, 6.45) is 0. The van der Waals surface area contributed by atoms with Gasteiger partial charge >= 0.3 is 5.97 Å². The second-order valence-corrected chi connectivity index (χ2v) is 2.83. The molecule has 0 unspecified atom stereocenters. The van der Waals surface area contributed by atoms with Crippen molar-refractivity contribution in [2.45, 2.75) is 6.92 Å². The zero-order chi connectivity index (χ0) is 9.84. The smallest absolute Gasteiger partial charge is 0.376 e. The number of carbonyl (C=O) groups is 1. The zero-order valence-electron chi connectivity index (χ0n) is 6.75. The molecule has 0 fully saturated rings. The largest absolute Gasteiger partial charge is 0.460 e. The third-order valence-electron chi connectivity index (χ3n) is 1.12. The van der Waals surface area contributed by atoms with E-state index >= 15 is 0 Å². The number of carbonyl (C=O) groups excluding carboxylic acids is 1. The van der Waals surface area contributed by atoms with Gasteiger partial charge in [-0.15, -0.1) is 0 Å². The summed E-state index contributed by atoms with van der Waals surface area (Å²) in [6.45, 7) is 1.94. The molecular formula is C7H6Cl2N2O2. The summed E-state index contributed by atoms with van der Waals surface area (Å²) < 4.78 is 4.66. The first-order valence-electron chi connectivity index (χ1n) is 3.50. The van der Waals surface area contributed by atoms with Crippen LogP contribution in [0.1, 0.15) is 17.5 Å². The number of hydrogen-bond acceptors (Lipinski definition) is 4. The van der Waals surface area contributed by atoms with Gasteiger partial charge in [0.05, 0.1) is 6.61 Å². The molecule has 0 aliphatic carbocycles. The molecule has 0 saturated heterocycles. The summed E-state index contributed by atoms with van der Waals surface area (Å²) >= 11 is 11.1. The number of ether oxygens (including phenoxy) is 1. The summed E-state index contributed by atoms with van der Waals surface area (Å²) in [5.74, 6) is -0.758. The topological polar surface area (TPSA) is 52.1 Å². The molecule has 0 aromatic carbocycles. The molecule has 0 amide bonds. The number of nitrogens with zero attached hydrogens (tertiary/aromatic N) is 2. The summed E-state index contributed by atoms with van der Waals surface area (Å²) in [4.78, 5) is 18.4. The van der Waals surface area contributed by atoms with Crippen molar-refractivity contribution in [1.29, 1.82) is 0 Å². The molecular weight excluding hydrogens is 215 g/mol. The number of hydrogen-bond donors (Lipinski definition) is 0. The van der Waals surface area contributed by atoms with E-state index in [2.05, 4.69) is 14.7 Å². The molecule has 13 heavy (non-hydrogen) atoms. The molecule has 1 rings (SSSR count). The van der Waals surface area contributed by atoms with Crippen LogP contribution in [0.25, 0.3) is 0 Å². The molecule has 0 aliphatic heterocycles. The van der Waals surface area contributed by atoms with Crippen LogP contribution < -0.4 is 0 Å². The molecule has 0 bridgehead atoms. The minimum atomic E-state index is -0.632. The average molecular weight is 221 g/mol. The fourth-order valence-corrected chi connectivity index (χ4v) is 1.10. The van der Waals surface area contributed by atoms with Gasteiger partial charge in [0.2, 0.25) is 5.82 Å². The van der Waals surface area contributed by atoms with Crippen LogP contribution in [0.15, 0.2) is 6.07 Å². The maximum Gasteiger partial charge on any atom is 0.376 e. The SMILES string of the molecule is CCOC(=O)c1nc(Cl)cc(Cl)n1. The first-order valence-corrected chi connectivity index (χ1v) is 4.26. The predicted molar refractivity (Wildman–Crippen MR) is 48.0 cm³/mol. The van der Waals surface area contributed by atoms with Gasteiger partial charge in [-0.05, 0) is 6.92 Å². The second-order valence-electron chi connectivity index (χ2n) is 2.06. The zero-order valence-corrected chi connectivity index (χ0v) is 8.26. The Kier molecular flexibility index (Phi) is 3.45. The van der Waals surface area contributed by atoms with E-state index in [0.717, 1.165) is 0 Å². The molecule has 0 N–H and O–H groups in total. The third kappa shape index (κ3) is 2.82. The lowest BCUT2D eigenvalue weighted by atomic mass is 10.5. The predicted octanol–water partition coefficient (Wildman–Crippen LogP) is 1.96. The van der Waals surface area contributed by atoms with Crippen LogP contribution in [0.2, 0.25) is 10.3 Å². The van der Waals surface area contributed by atoms with Gasteiger partial charge in [-0.1, -0.05) is 23.2 Å². The Labute approximate surface area is 84.8 Å². The van der Waals surface area contributed by atoms with E-state index in [4.69, 9.17) is 23.2 Å². The summed E-state index contributed by atoms with van der Waals surface area (Å²) in [6, 6.07) is 1.34. The Morgan fingerprint density at radius 3 is 2.46 bits per heavy atom. The lowest BCUT2D eigenvalue weighted by Crippen LogP contribution is -2.09. The Hall–Kier alpha value is -0.870. The molecule has 6 heteroatoms. The lowest BCUT2D eigenvalue weighted by molar-refractivity contribution is 0.0512. The van der Waals surface area contributed by atoms with Gasteiger partial charge in [-0.3, -0.25) is 0 Å². The maximum absolute atomic E-state index is 11.1. The molecule has 4 nitrogen and oxygen atoms in total. The van der Waals surface area contributed by atoms with Crippen LogP contribution in [0.5, 0.6) is 0 Å². The number of halogens is 2. The van der Waals surface area contributed by atoms with Gasteiger partial charge in [-0.25, -0.2) is 14.8 Å². The van der Waals surface area contributed by atoms with Crippen molar-refractivity contribution in [3.63, 3.8) is 0 Å². The standard InChI is InChI=1S/C7H6Cl2N2O2/c1-2-13-7(12)6-10-4(8)3-5(9)11-6/h3H,2H2,1H3. The van der Waals surface area contributed by atoms with Crippen LogP contribution in [0, 0.1) is 0 Å². The van der Waals surface area contributed by atoms with Crippen LogP contribution >= 0.6 is 23.2 Å². The molecule has 1 aromatic heterocycles. The molecule has 70 valence electrons. The van der Waals surface area contributed by atoms with Gasteiger partial charge in [0, 0.05) is 6.07 Å². The van der Waals surface area contributed by atoms with Crippen molar-refractivity contribution >= 4 is 29.2 Å². The molecule has 0 atom stereocenters. The van der Waals surface area contributed by atoms with Crippen molar-refractivity contribution in [2.75, 3.05) is 6.61 Å². The normalized spacial score (nSPS) is 9.77. The molecule has 1 heterocycles. The molecule has 0 radical (unpaired) electrons. The van der Waals surface area contributed by atoms with Gasteiger partial charge in [0.1, 0.15) is 10.3 Å². The first kappa shape index (κ1) is 10.2. The number of esters is 1. The quantitative estimate of drug-likeness (QED) is 0.565. The van der Waals surface area contributed by atoms with E-state index in [1.165, 1.54) is 6.07 Å². The van der Waals surface area contributed by atoms with Gasteiger partial charge < -0.3 is 4.74 Å². The van der Waals surface area contributed by atoms with Crippen LogP contribution in [-0.2, 0) is 4.74 Å². The van der Waals surface area contributed by atoms with Crippen molar-refractivity contribution < 1.29 is 9.53 Å². The molecule has 0 spiro atoms. The number of aromatic nitrogens is 2. The Morgan fingerprint density at radius 2 is 2.00 bits per heavy atom. The summed E-state index contributed by atoms with van der Waals surface area (Å²) in [5.41, 5.74) is 0. The third-order valence-corrected chi connectivity index (χ3v) is 1.51. The van der Waals surface area contributed by atoms with E-state index in [1.807, 2.05) is 0 Å². The second kappa shape index (κ2) is 4.39. The van der Waals surface area contributed by atoms with Crippen LogP contribution in [-0.4, -0.2) is 22.5 Å². The van der Waals surface area contributed by atoms with Crippen molar-refractivity contribution in [3.8, 4) is 0 Å². The van der Waals surface area contributed by atoms with Gasteiger partial charge in [-0.2, -0.15) is 0 Å². The maximum atomic E-state index is 11.1. The highest BCUT2D eigenvalue weighted by Gasteiger charge is 2.11. The highest BCUT2D eigenvalue weighted by Crippen LogP contribution is 2.11. The summed E-state index contributed by atoms with van der Waals surface area (Å²) in [5, 5.41) is 0.228. The fourth-order valence-electron chi connectivity index (χ4n) is 0.677. The van der Waals surface area contributed by atoms with E-state index < -0.39 is 5.97 Å². The number of rotatable bonds is 2. The van der Waals surface area contributed by atoms with E-state index in [9.17, 15) is 4.79 Å². The first-order chi connectivity index (χ1) is 6.13. The Bertz CT molecular complexity index is 310. The average Bonchev–Trinajstić information content (AvgIpc) is 2.03. The lowest BCUT2D eigenvalue weighted by Gasteiger charge is -2.00.